The molecule has 3 heterocycles. The number of carbonyl (C=O) groups is 1. The second-order valence-electron chi connectivity index (χ2n) is 8.26. The summed E-state index contributed by atoms with van der Waals surface area (Å²) in [6, 6.07) is 14.7. The molecule has 2 aliphatic heterocycles. The summed E-state index contributed by atoms with van der Waals surface area (Å²) in [7, 11) is 0. The molecule has 0 aliphatic carbocycles. The van der Waals surface area contributed by atoms with Gasteiger partial charge in [0.1, 0.15) is 12.4 Å². The molecule has 6 heteroatoms. The molecule has 6 nitrogen and oxygen atoms in total. The molecule has 5 rings (SSSR count). The van der Waals surface area contributed by atoms with E-state index >= 15 is 0 Å². The van der Waals surface area contributed by atoms with Crippen molar-refractivity contribution in [3.05, 3.63) is 64.8 Å². The molecule has 2 aliphatic rings. The highest BCUT2D eigenvalue weighted by molar-refractivity contribution is 5.96. The van der Waals surface area contributed by atoms with E-state index in [0.29, 0.717) is 31.2 Å². The zero-order valence-corrected chi connectivity index (χ0v) is 17.5. The molecule has 1 amide bonds. The van der Waals surface area contributed by atoms with Crippen molar-refractivity contribution in [1.82, 2.24) is 10.1 Å². The van der Waals surface area contributed by atoms with E-state index in [0.717, 1.165) is 29.0 Å². The van der Waals surface area contributed by atoms with Crippen molar-refractivity contribution in [2.45, 2.75) is 33.4 Å². The van der Waals surface area contributed by atoms with Crippen LogP contribution in [0.25, 0.3) is 11.3 Å². The molecule has 1 atom stereocenters. The van der Waals surface area contributed by atoms with Crippen molar-refractivity contribution >= 4 is 11.6 Å². The van der Waals surface area contributed by atoms with E-state index in [9.17, 15) is 4.79 Å². The summed E-state index contributed by atoms with van der Waals surface area (Å²) < 4.78 is 11.5. The lowest BCUT2D eigenvalue weighted by Crippen LogP contribution is -2.54. The van der Waals surface area contributed by atoms with Crippen molar-refractivity contribution in [3.8, 4) is 17.1 Å². The lowest BCUT2D eigenvalue weighted by molar-refractivity contribution is 0.0713. The summed E-state index contributed by atoms with van der Waals surface area (Å²) in [6.45, 7) is 8.65. The van der Waals surface area contributed by atoms with E-state index in [1.165, 1.54) is 11.3 Å². The van der Waals surface area contributed by atoms with Gasteiger partial charge in [-0.15, -0.1) is 0 Å². The largest absolute Gasteiger partial charge is 0.488 e. The van der Waals surface area contributed by atoms with Gasteiger partial charge in [-0.2, -0.15) is 0 Å². The zero-order chi connectivity index (χ0) is 20.8. The number of nitrogens with zero attached hydrogens (tertiary/aromatic N) is 3. The van der Waals surface area contributed by atoms with Crippen LogP contribution in [0.3, 0.4) is 0 Å². The molecular weight excluding hydrogens is 378 g/mol. The summed E-state index contributed by atoms with van der Waals surface area (Å²) in [5.41, 5.74) is 5.52. The lowest BCUT2D eigenvalue weighted by atomic mass is 10.0. The second kappa shape index (κ2) is 7.20. The quantitative estimate of drug-likeness (QED) is 0.642. The first-order chi connectivity index (χ1) is 14.5. The highest BCUT2D eigenvalue weighted by Crippen LogP contribution is 2.39. The first-order valence-electron chi connectivity index (χ1n) is 10.4. The van der Waals surface area contributed by atoms with E-state index in [1.54, 1.807) is 0 Å². The van der Waals surface area contributed by atoms with Crippen molar-refractivity contribution in [1.29, 1.82) is 0 Å². The average molecular weight is 403 g/mol. The minimum Gasteiger partial charge on any atom is -0.488 e. The van der Waals surface area contributed by atoms with Crippen molar-refractivity contribution in [2.75, 3.05) is 24.5 Å². The van der Waals surface area contributed by atoms with Crippen LogP contribution in [0.5, 0.6) is 5.75 Å². The molecule has 0 saturated carbocycles. The summed E-state index contributed by atoms with van der Waals surface area (Å²) in [6.07, 6.45) is 0. The molecule has 1 aromatic heterocycles. The molecule has 30 heavy (non-hydrogen) atoms. The number of carbonyl (C=O) groups excluding carboxylic acids is 1. The maximum Gasteiger partial charge on any atom is 0.276 e. The van der Waals surface area contributed by atoms with Crippen LogP contribution in [0.4, 0.5) is 5.69 Å². The third-order valence-electron chi connectivity index (χ3n) is 5.99. The van der Waals surface area contributed by atoms with Crippen LogP contribution in [-0.4, -0.2) is 41.6 Å². The third-order valence-corrected chi connectivity index (χ3v) is 5.99. The Morgan fingerprint density at radius 1 is 1.10 bits per heavy atom. The van der Waals surface area contributed by atoms with Gasteiger partial charge < -0.3 is 19.1 Å². The number of hydrogen-bond acceptors (Lipinski definition) is 5. The predicted octanol–water partition coefficient (Wildman–Crippen LogP) is 4.20. The molecule has 0 radical (unpaired) electrons. The van der Waals surface area contributed by atoms with Gasteiger partial charge in [-0.3, -0.25) is 4.79 Å². The number of anilines is 1. The Balaban J connectivity index is 1.37. The average Bonchev–Trinajstić information content (AvgIpc) is 3.17. The predicted molar refractivity (Wildman–Crippen MR) is 115 cm³/mol. The number of rotatable bonds is 2. The van der Waals surface area contributed by atoms with Crippen LogP contribution in [0.1, 0.15) is 34.1 Å². The highest BCUT2D eigenvalue weighted by atomic mass is 16.5. The van der Waals surface area contributed by atoms with Crippen LogP contribution in [0, 0.1) is 13.8 Å². The Bertz CT molecular complexity index is 1120. The molecule has 0 unspecified atom stereocenters. The van der Waals surface area contributed by atoms with Crippen LogP contribution in [0.15, 0.2) is 47.0 Å². The normalized spacial score (nSPS) is 17.9. The number of aryl methyl sites for hydroxylation is 2. The van der Waals surface area contributed by atoms with Gasteiger partial charge in [0.2, 0.25) is 0 Å². The molecular formula is C24H25N3O3. The fourth-order valence-corrected chi connectivity index (χ4v) is 4.40. The number of fused-ring (bicyclic) bond motifs is 3. The number of ether oxygens (including phenoxy) is 1. The lowest BCUT2D eigenvalue weighted by Gasteiger charge is -2.41. The van der Waals surface area contributed by atoms with Gasteiger partial charge >= 0.3 is 0 Å². The summed E-state index contributed by atoms with van der Waals surface area (Å²) in [4.78, 5) is 17.5. The van der Waals surface area contributed by atoms with Crippen LogP contribution in [-0.2, 0) is 6.61 Å². The van der Waals surface area contributed by atoms with Gasteiger partial charge in [0.15, 0.2) is 11.5 Å². The molecule has 154 valence electrons. The summed E-state index contributed by atoms with van der Waals surface area (Å²) >= 11 is 0. The maximum absolute atomic E-state index is 13.3. The maximum atomic E-state index is 13.3. The van der Waals surface area contributed by atoms with Gasteiger partial charge in [0.05, 0.1) is 11.1 Å². The van der Waals surface area contributed by atoms with Crippen LogP contribution >= 0.6 is 0 Å². The van der Waals surface area contributed by atoms with Gasteiger partial charge in [-0.1, -0.05) is 28.9 Å². The first-order valence-corrected chi connectivity index (χ1v) is 10.4. The fourth-order valence-electron chi connectivity index (χ4n) is 4.40. The van der Waals surface area contributed by atoms with Gasteiger partial charge in [0, 0.05) is 31.4 Å². The molecule has 0 bridgehead atoms. The summed E-state index contributed by atoms with van der Waals surface area (Å²) in [5, 5.41) is 4.16. The number of hydrogen-bond donors (Lipinski definition) is 0. The molecule has 1 fully saturated rings. The molecule has 3 aromatic rings. The Morgan fingerprint density at radius 3 is 2.73 bits per heavy atom. The van der Waals surface area contributed by atoms with Crippen LogP contribution in [0.2, 0.25) is 0 Å². The van der Waals surface area contributed by atoms with Gasteiger partial charge in [0.25, 0.3) is 5.91 Å². The monoisotopic (exact) mass is 403 g/mol. The molecule has 0 N–H and O–H groups in total. The standard InChI is InChI=1S/C24H25N3O3/c1-15-5-4-6-18(11-15)27-10-9-26(13-17(27)3)24(28)22-20-14-29-21-8-7-16(2)12-19(21)23(20)30-25-22/h4-8,11-12,17H,9-10,13-14H2,1-3H3/t17-/m0/s1. The van der Waals surface area contributed by atoms with E-state index < -0.39 is 0 Å². The smallest absolute Gasteiger partial charge is 0.276 e. The van der Waals surface area contributed by atoms with Crippen molar-refractivity contribution in [3.63, 3.8) is 0 Å². The van der Waals surface area contributed by atoms with Crippen molar-refractivity contribution in [2.24, 2.45) is 0 Å². The van der Waals surface area contributed by atoms with E-state index in [2.05, 4.69) is 48.2 Å². The first kappa shape index (κ1) is 18.7. The Morgan fingerprint density at radius 2 is 1.93 bits per heavy atom. The van der Waals surface area contributed by atoms with E-state index in [1.807, 2.05) is 30.0 Å². The Hall–Kier alpha value is -3.28. The second-order valence-corrected chi connectivity index (χ2v) is 8.26. The highest BCUT2D eigenvalue weighted by Gasteiger charge is 2.34. The number of piperazine rings is 1. The molecule has 2 aromatic carbocycles. The molecule has 1 saturated heterocycles. The fraction of sp³-hybridized carbons (Fsp3) is 0.333. The Kier molecular flexibility index (Phi) is 4.50. The SMILES string of the molecule is Cc1cccc(N2CCN(C(=O)c3noc4c3COc3ccc(C)cc3-4)C[C@@H]2C)c1. The van der Waals surface area contributed by atoms with E-state index in [-0.39, 0.29) is 11.9 Å². The minimum atomic E-state index is -0.0876. The zero-order valence-electron chi connectivity index (χ0n) is 17.5. The summed E-state index contributed by atoms with van der Waals surface area (Å²) in [5.74, 6) is 1.33. The number of aromatic nitrogens is 1. The van der Waals surface area contributed by atoms with E-state index in [4.69, 9.17) is 9.26 Å². The van der Waals surface area contributed by atoms with Gasteiger partial charge in [-0.25, -0.2) is 0 Å². The molecule has 0 spiro atoms. The van der Waals surface area contributed by atoms with Crippen LogP contribution < -0.4 is 9.64 Å². The van der Waals surface area contributed by atoms with Crippen molar-refractivity contribution < 1.29 is 14.1 Å². The minimum absolute atomic E-state index is 0.0876. The van der Waals surface area contributed by atoms with Gasteiger partial charge in [-0.05, 0) is 50.6 Å². The Labute approximate surface area is 176 Å². The third kappa shape index (κ3) is 3.12. The number of benzene rings is 2. The topological polar surface area (TPSA) is 58.8 Å². The number of amides is 1.